The van der Waals surface area contributed by atoms with Crippen LogP contribution in [0.4, 0.5) is 10.5 Å². The number of piperidine rings is 1. The van der Waals surface area contributed by atoms with Crippen molar-refractivity contribution in [1.82, 2.24) is 25.3 Å². The topological polar surface area (TPSA) is 91.7 Å². The molecule has 1 aromatic carbocycles. The van der Waals surface area contributed by atoms with Gasteiger partial charge in [0.2, 0.25) is 5.91 Å². The van der Waals surface area contributed by atoms with Crippen molar-refractivity contribution in [3.05, 3.63) is 24.4 Å². The van der Waals surface area contributed by atoms with Crippen molar-refractivity contribution in [2.75, 3.05) is 50.8 Å². The summed E-state index contributed by atoms with van der Waals surface area (Å²) in [5.41, 5.74) is 1.85. The van der Waals surface area contributed by atoms with Crippen LogP contribution in [0.2, 0.25) is 0 Å². The largest absolute Gasteiger partial charge is 0.374 e. The molecule has 3 fully saturated rings. The van der Waals surface area contributed by atoms with E-state index in [9.17, 15) is 9.59 Å². The van der Waals surface area contributed by atoms with Crippen molar-refractivity contribution in [3.63, 3.8) is 0 Å². The fraction of sp³-hybridized carbons (Fsp3) is 0.571. The Kier molecular flexibility index (Phi) is 5.41. The number of benzene rings is 1. The molecule has 0 radical (unpaired) electrons. The number of anilines is 1. The van der Waals surface area contributed by atoms with Gasteiger partial charge in [-0.15, -0.1) is 0 Å². The van der Waals surface area contributed by atoms with E-state index in [0.717, 1.165) is 68.8 Å². The van der Waals surface area contributed by atoms with Crippen LogP contribution in [-0.2, 0) is 9.53 Å². The highest BCUT2D eigenvalue weighted by molar-refractivity contribution is 6.09. The van der Waals surface area contributed by atoms with Gasteiger partial charge in [-0.25, -0.2) is 4.79 Å². The summed E-state index contributed by atoms with van der Waals surface area (Å²) in [6.45, 7) is 6.11. The molecule has 160 valence electrons. The number of morpholine rings is 1. The summed E-state index contributed by atoms with van der Waals surface area (Å²) >= 11 is 0. The highest BCUT2D eigenvalue weighted by Gasteiger charge is 2.28. The van der Waals surface area contributed by atoms with Crippen molar-refractivity contribution >= 4 is 28.5 Å². The Morgan fingerprint density at radius 3 is 2.80 bits per heavy atom. The van der Waals surface area contributed by atoms with Crippen molar-refractivity contribution < 1.29 is 14.3 Å². The molecule has 3 amide bonds. The van der Waals surface area contributed by atoms with E-state index in [2.05, 4.69) is 26.3 Å². The van der Waals surface area contributed by atoms with Gasteiger partial charge < -0.3 is 15.0 Å². The number of likely N-dealkylation sites (tertiary alicyclic amines) is 1. The quantitative estimate of drug-likeness (QED) is 0.782. The molecule has 2 N–H and O–H groups in total. The van der Waals surface area contributed by atoms with E-state index in [1.165, 1.54) is 0 Å². The van der Waals surface area contributed by atoms with E-state index in [-0.39, 0.29) is 18.0 Å². The number of fused-ring (bicyclic) bond motifs is 1. The summed E-state index contributed by atoms with van der Waals surface area (Å²) in [6.07, 6.45) is 4.53. The maximum atomic E-state index is 12.3. The van der Waals surface area contributed by atoms with Gasteiger partial charge in [-0.2, -0.15) is 5.10 Å². The lowest BCUT2D eigenvalue weighted by molar-refractivity contribution is -0.120. The van der Waals surface area contributed by atoms with E-state index < -0.39 is 0 Å². The van der Waals surface area contributed by atoms with Gasteiger partial charge in [-0.1, -0.05) is 6.07 Å². The number of urea groups is 1. The molecule has 1 aromatic heterocycles. The Labute approximate surface area is 175 Å². The van der Waals surface area contributed by atoms with Crippen molar-refractivity contribution in [2.45, 2.75) is 31.4 Å². The van der Waals surface area contributed by atoms with Gasteiger partial charge in [-0.05, 0) is 25.0 Å². The minimum absolute atomic E-state index is 0.222. The van der Waals surface area contributed by atoms with Crippen LogP contribution < -0.4 is 15.5 Å². The fourth-order valence-electron chi connectivity index (χ4n) is 4.75. The summed E-state index contributed by atoms with van der Waals surface area (Å²) < 4.78 is 7.96. The smallest absolute Gasteiger partial charge is 0.328 e. The monoisotopic (exact) mass is 412 g/mol. The third-order valence-electron chi connectivity index (χ3n) is 6.33. The average molecular weight is 412 g/mol. The van der Waals surface area contributed by atoms with Crippen molar-refractivity contribution in [3.8, 4) is 0 Å². The zero-order valence-corrected chi connectivity index (χ0v) is 17.0. The zero-order chi connectivity index (χ0) is 20.5. The van der Waals surface area contributed by atoms with Crippen LogP contribution in [0.5, 0.6) is 0 Å². The molecule has 0 saturated carbocycles. The number of ether oxygens (including phenoxy) is 1. The van der Waals surface area contributed by atoms with Gasteiger partial charge in [-0.3, -0.25) is 19.7 Å². The molecule has 3 aliphatic heterocycles. The second-order valence-corrected chi connectivity index (χ2v) is 8.28. The number of nitrogens with zero attached hydrogens (tertiary/aromatic N) is 4. The van der Waals surface area contributed by atoms with Gasteiger partial charge >= 0.3 is 6.03 Å². The van der Waals surface area contributed by atoms with E-state index >= 15 is 0 Å². The SMILES string of the molecule is O=C1CCN(c2cccc3c2cnn3C2CCN(C[C@@H]3CNCCO3)CC2)C(=O)N1. The van der Waals surface area contributed by atoms with Gasteiger partial charge in [0.05, 0.1) is 36.2 Å². The molecule has 0 bridgehead atoms. The molecule has 5 rings (SSSR count). The number of carbonyl (C=O) groups is 2. The first-order valence-electron chi connectivity index (χ1n) is 10.8. The molecule has 2 aromatic rings. The van der Waals surface area contributed by atoms with Crippen LogP contribution in [0.3, 0.4) is 0 Å². The van der Waals surface area contributed by atoms with E-state index in [0.29, 0.717) is 19.0 Å². The molecule has 9 heteroatoms. The number of hydrogen-bond acceptors (Lipinski definition) is 6. The van der Waals surface area contributed by atoms with Crippen LogP contribution in [0.1, 0.15) is 25.3 Å². The van der Waals surface area contributed by atoms with Crippen LogP contribution in [-0.4, -0.2) is 78.6 Å². The van der Waals surface area contributed by atoms with Crippen molar-refractivity contribution in [1.29, 1.82) is 0 Å². The van der Waals surface area contributed by atoms with Crippen molar-refractivity contribution in [2.24, 2.45) is 0 Å². The molecular formula is C21H28N6O3. The predicted molar refractivity (Wildman–Crippen MR) is 113 cm³/mol. The first kappa shape index (κ1) is 19.5. The lowest BCUT2D eigenvalue weighted by Crippen LogP contribution is -2.49. The molecule has 0 unspecified atom stereocenters. The summed E-state index contributed by atoms with van der Waals surface area (Å²) in [4.78, 5) is 27.9. The summed E-state index contributed by atoms with van der Waals surface area (Å²) in [6, 6.07) is 5.93. The number of nitrogens with one attached hydrogen (secondary N) is 2. The minimum atomic E-state index is -0.362. The maximum Gasteiger partial charge on any atom is 0.328 e. The van der Waals surface area contributed by atoms with Crippen LogP contribution in [0, 0.1) is 0 Å². The highest BCUT2D eigenvalue weighted by atomic mass is 16.5. The lowest BCUT2D eigenvalue weighted by atomic mass is 10.0. The van der Waals surface area contributed by atoms with E-state index in [1.807, 2.05) is 18.3 Å². The molecule has 4 heterocycles. The summed E-state index contributed by atoms with van der Waals surface area (Å²) in [5.74, 6) is -0.222. The Balaban J connectivity index is 1.29. The van der Waals surface area contributed by atoms with Crippen LogP contribution >= 0.6 is 0 Å². The van der Waals surface area contributed by atoms with Gasteiger partial charge in [0.1, 0.15) is 0 Å². The molecule has 1 atom stereocenters. The molecule has 0 spiro atoms. The molecular weight excluding hydrogens is 384 g/mol. The van der Waals surface area contributed by atoms with E-state index in [4.69, 9.17) is 9.84 Å². The Morgan fingerprint density at radius 2 is 2.03 bits per heavy atom. The Morgan fingerprint density at radius 1 is 1.17 bits per heavy atom. The van der Waals surface area contributed by atoms with Gasteiger partial charge in [0.25, 0.3) is 0 Å². The number of rotatable bonds is 4. The number of amides is 3. The number of hydrogen-bond donors (Lipinski definition) is 2. The summed E-state index contributed by atoms with van der Waals surface area (Å²) in [7, 11) is 0. The molecule has 3 aliphatic rings. The summed E-state index contributed by atoms with van der Waals surface area (Å²) in [5, 5.41) is 11.4. The molecule has 30 heavy (non-hydrogen) atoms. The number of aromatic nitrogens is 2. The first-order chi connectivity index (χ1) is 14.7. The average Bonchev–Trinajstić information content (AvgIpc) is 3.20. The van der Waals surface area contributed by atoms with Crippen LogP contribution in [0.25, 0.3) is 10.9 Å². The second-order valence-electron chi connectivity index (χ2n) is 8.28. The third-order valence-corrected chi connectivity index (χ3v) is 6.33. The fourth-order valence-corrected chi connectivity index (χ4v) is 4.75. The standard InChI is InChI=1S/C21H28N6O3/c28-20-6-10-26(21(29)24-20)18-2-1-3-19-17(18)13-23-27(19)15-4-8-25(9-5-15)14-16-12-22-7-11-30-16/h1-3,13,15-16,22H,4-12,14H2,(H,24,28,29)/t16-/m0/s1. The Hall–Kier alpha value is -2.49. The highest BCUT2D eigenvalue weighted by Crippen LogP contribution is 2.32. The van der Waals surface area contributed by atoms with Crippen LogP contribution in [0.15, 0.2) is 24.4 Å². The lowest BCUT2D eigenvalue weighted by Gasteiger charge is -2.35. The maximum absolute atomic E-state index is 12.3. The molecule has 3 saturated heterocycles. The van der Waals surface area contributed by atoms with Gasteiger partial charge in [0, 0.05) is 51.1 Å². The minimum Gasteiger partial charge on any atom is -0.374 e. The molecule has 0 aliphatic carbocycles. The first-order valence-corrected chi connectivity index (χ1v) is 10.8. The zero-order valence-electron chi connectivity index (χ0n) is 17.0. The number of imide groups is 1. The van der Waals surface area contributed by atoms with E-state index in [1.54, 1.807) is 4.90 Å². The number of carbonyl (C=O) groups excluding carboxylic acids is 2. The Bertz CT molecular complexity index is 930. The molecule has 9 nitrogen and oxygen atoms in total. The normalized spacial score (nSPS) is 24.4. The second kappa shape index (κ2) is 8.33. The van der Waals surface area contributed by atoms with Gasteiger partial charge in [0.15, 0.2) is 0 Å². The predicted octanol–water partition coefficient (Wildman–Crippen LogP) is 1.11. The third kappa shape index (κ3) is 3.80.